The molecule has 21 heavy (non-hydrogen) atoms. The molecule has 116 valence electrons. The zero-order valence-electron chi connectivity index (χ0n) is 13.2. The van der Waals surface area contributed by atoms with E-state index in [9.17, 15) is 4.79 Å². The van der Waals surface area contributed by atoms with Crippen molar-refractivity contribution in [3.05, 3.63) is 29.3 Å². The molecule has 1 aromatic carbocycles. The van der Waals surface area contributed by atoms with Gasteiger partial charge in [0.05, 0.1) is 5.54 Å². The third kappa shape index (κ3) is 3.80. The predicted molar refractivity (Wildman–Crippen MR) is 89.6 cm³/mol. The van der Waals surface area contributed by atoms with Crippen LogP contribution in [-0.2, 0) is 4.79 Å². The molecular weight excluding hydrogens is 280 g/mol. The zero-order valence-corrected chi connectivity index (χ0v) is 14.1. The molecule has 1 aliphatic carbocycles. The summed E-state index contributed by atoms with van der Waals surface area (Å²) in [4.78, 5) is 13.2. The van der Waals surface area contributed by atoms with E-state index in [2.05, 4.69) is 37.4 Å². The average Bonchev–Trinajstić information content (AvgIpc) is 2.42. The van der Waals surface area contributed by atoms with Crippen molar-refractivity contribution < 1.29 is 4.79 Å². The number of hydrogen-bond acceptors (Lipinski definition) is 3. The number of nitrogens with two attached hydrogens (primary N) is 1. The number of benzene rings is 1. The Morgan fingerprint density at radius 2 is 2.24 bits per heavy atom. The first kappa shape index (κ1) is 16.4. The minimum Gasteiger partial charge on any atom is -0.368 e. The van der Waals surface area contributed by atoms with Crippen molar-refractivity contribution in [2.24, 2.45) is 5.73 Å². The van der Waals surface area contributed by atoms with Crippen molar-refractivity contribution in [1.82, 2.24) is 5.32 Å². The van der Waals surface area contributed by atoms with Crippen molar-refractivity contribution in [2.45, 2.75) is 62.1 Å². The van der Waals surface area contributed by atoms with Crippen molar-refractivity contribution in [3.63, 3.8) is 0 Å². The van der Waals surface area contributed by atoms with Crippen molar-refractivity contribution >= 4 is 17.7 Å². The summed E-state index contributed by atoms with van der Waals surface area (Å²) < 4.78 is 0. The summed E-state index contributed by atoms with van der Waals surface area (Å²) in [5.41, 5.74) is 7.78. The van der Waals surface area contributed by atoms with Gasteiger partial charge in [-0.25, -0.2) is 0 Å². The smallest absolute Gasteiger partial charge is 0.237 e. The second-order valence-corrected chi connectivity index (χ2v) is 7.42. The summed E-state index contributed by atoms with van der Waals surface area (Å²) in [7, 11) is 0. The van der Waals surface area contributed by atoms with Gasteiger partial charge in [0, 0.05) is 10.1 Å². The fraction of sp³-hybridized carbons (Fsp3) is 0.588. The number of rotatable bonds is 5. The van der Waals surface area contributed by atoms with E-state index in [4.69, 9.17) is 5.73 Å². The minimum atomic E-state index is -0.511. The molecule has 0 aliphatic heterocycles. The van der Waals surface area contributed by atoms with Crippen molar-refractivity contribution in [2.75, 3.05) is 6.54 Å². The molecule has 0 saturated heterocycles. The summed E-state index contributed by atoms with van der Waals surface area (Å²) in [6.07, 6.45) is 3.89. The Morgan fingerprint density at radius 3 is 2.86 bits per heavy atom. The maximum atomic E-state index is 11.9. The molecule has 0 heterocycles. The first-order valence-corrected chi connectivity index (χ1v) is 8.63. The lowest BCUT2D eigenvalue weighted by atomic mass is 9.80. The zero-order chi connectivity index (χ0) is 15.5. The molecule has 3 N–H and O–H groups in total. The number of carbonyl (C=O) groups excluding carboxylic acids is 1. The molecule has 1 aromatic rings. The van der Waals surface area contributed by atoms with Gasteiger partial charge in [-0.2, -0.15) is 0 Å². The van der Waals surface area contributed by atoms with E-state index < -0.39 is 5.54 Å². The molecular formula is C17H26N2OS. The van der Waals surface area contributed by atoms with Crippen LogP contribution in [0, 0.1) is 13.8 Å². The van der Waals surface area contributed by atoms with Gasteiger partial charge >= 0.3 is 0 Å². The lowest BCUT2D eigenvalue weighted by Crippen LogP contribution is -2.58. The monoisotopic (exact) mass is 306 g/mol. The van der Waals surface area contributed by atoms with Crippen LogP contribution in [-0.4, -0.2) is 23.2 Å². The second kappa shape index (κ2) is 6.84. The lowest BCUT2D eigenvalue weighted by Gasteiger charge is -2.39. The van der Waals surface area contributed by atoms with Crippen LogP contribution in [0.3, 0.4) is 0 Å². The van der Waals surface area contributed by atoms with Gasteiger partial charge < -0.3 is 11.1 Å². The molecule has 4 heteroatoms. The van der Waals surface area contributed by atoms with Crippen molar-refractivity contribution in [3.8, 4) is 0 Å². The van der Waals surface area contributed by atoms with E-state index in [1.807, 2.05) is 18.7 Å². The van der Waals surface area contributed by atoms with Crippen LogP contribution in [0.5, 0.6) is 0 Å². The summed E-state index contributed by atoms with van der Waals surface area (Å²) in [6, 6.07) is 6.57. The normalized spacial score (nSPS) is 25.8. The van der Waals surface area contributed by atoms with Crippen molar-refractivity contribution in [1.29, 1.82) is 0 Å². The van der Waals surface area contributed by atoms with Crippen LogP contribution in [0.2, 0.25) is 0 Å². The van der Waals surface area contributed by atoms with E-state index in [-0.39, 0.29) is 5.91 Å². The highest BCUT2D eigenvalue weighted by atomic mass is 32.2. The maximum absolute atomic E-state index is 11.9. The first-order chi connectivity index (χ1) is 9.97. The van der Waals surface area contributed by atoms with Gasteiger partial charge in [-0.3, -0.25) is 4.79 Å². The molecule has 0 aromatic heterocycles. The van der Waals surface area contributed by atoms with Gasteiger partial charge in [-0.15, -0.1) is 11.8 Å². The van der Waals surface area contributed by atoms with Gasteiger partial charge in [0.15, 0.2) is 0 Å². The number of likely N-dealkylation sites (N-methyl/N-ethyl adjacent to an activating group) is 1. The molecule has 0 spiro atoms. The Labute approximate surface area is 132 Å². The number of nitrogens with one attached hydrogen (secondary N) is 1. The molecule has 2 rings (SSSR count). The second-order valence-electron chi connectivity index (χ2n) is 6.08. The summed E-state index contributed by atoms with van der Waals surface area (Å²) in [6.45, 7) is 7.09. The fourth-order valence-corrected chi connectivity index (χ4v) is 4.65. The third-order valence-corrected chi connectivity index (χ3v) is 5.76. The fourth-order valence-electron chi connectivity index (χ4n) is 3.25. The Kier molecular flexibility index (Phi) is 5.33. The largest absolute Gasteiger partial charge is 0.368 e. The van der Waals surface area contributed by atoms with E-state index in [0.29, 0.717) is 5.25 Å². The van der Waals surface area contributed by atoms with E-state index in [1.165, 1.54) is 16.0 Å². The Hall–Kier alpha value is -1.00. The van der Waals surface area contributed by atoms with E-state index in [1.54, 1.807) is 0 Å². The van der Waals surface area contributed by atoms with Gasteiger partial charge in [-0.05, 0) is 57.7 Å². The Balaban J connectivity index is 2.12. The number of hydrogen-bond donors (Lipinski definition) is 2. The van der Waals surface area contributed by atoms with Gasteiger partial charge in [0.25, 0.3) is 0 Å². The van der Waals surface area contributed by atoms with Crippen LogP contribution in [0.15, 0.2) is 23.1 Å². The highest BCUT2D eigenvalue weighted by Gasteiger charge is 2.40. The summed E-state index contributed by atoms with van der Waals surface area (Å²) in [5, 5.41) is 3.80. The predicted octanol–water partition coefficient (Wildman–Crippen LogP) is 3.17. The highest BCUT2D eigenvalue weighted by molar-refractivity contribution is 8.00. The van der Waals surface area contributed by atoms with E-state index >= 15 is 0 Å². The molecule has 1 fully saturated rings. The molecule has 0 bridgehead atoms. The molecule has 2 atom stereocenters. The number of primary amides is 1. The number of amides is 1. The van der Waals surface area contributed by atoms with Gasteiger partial charge in [0.1, 0.15) is 0 Å². The topological polar surface area (TPSA) is 55.1 Å². The molecule has 1 amide bonds. The molecule has 1 saturated carbocycles. The van der Waals surface area contributed by atoms with Crippen LogP contribution < -0.4 is 11.1 Å². The van der Waals surface area contributed by atoms with E-state index in [0.717, 1.165) is 32.2 Å². The summed E-state index contributed by atoms with van der Waals surface area (Å²) >= 11 is 1.90. The molecule has 0 radical (unpaired) electrons. The van der Waals surface area contributed by atoms with Crippen LogP contribution in [0.25, 0.3) is 0 Å². The quantitative estimate of drug-likeness (QED) is 0.878. The lowest BCUT2D eigenvalue weighted by molar-refractivity contribution is -0.125. The van der Waals surface area contributed by atoms with Crippen LogP contribution in [0.4, 0.5) is 0 Å². The minimum absolute atomic E-state index is 0.199. The Bertz CT molecular complexity index is 514. The molecule has 3 nitrogen and oxygen atoms in total. The SMILES string of the molecule is CCNC1(C(N)=O)CCCC(Sc2ccc(C)cc2C)C1. The number of aryl methyl sites for hydroxylation is 2. The number of carbonyl (C=O) groups is 1. The highest BCUT2D eigenvalue weighted by Crippen LogP contribution is 2.39. The maximum Gasteiger partial charge on any atom is 0.237 e. The molecule has 1 aliphatic rings. The average molecular weight is 306 g/mol. The summed E-state index contributed by atoms with van der Waals surface area (Å²) in [5.74, 6) is -0.199. The molecule has 2 unspecified atom stereocenters. The van der Waals surface area contributed by atoms with Gasteiger partial charge in [-0.1, -0.05) is 24.6 Å². The Morgan fingerprint density at radius 1 is 1.48 bits per heavy atom. The number of thioether (sulfide) groups is 1. The third-order valence-electron chi connectivity index (χ3n) is 4.32. The standard InChI is InChI=1S/C17H26N2OS/c1-4-19-17(16(18)20)9-5-6-14(11-17)21-15-8-7-12(2)10-13(15)3/h7-8,10,14,19H,4-6,9,11H2,1-3H3,(H2,18,20). The first-order valence-electron chi connectivity index (χ1n) is 7.75. The van der Waals surface area contributed by atoms with Crippen LogP contribution in [0.1, 0.15) is 43.7 Å². The van der Waals surface area contributed by atoms with Gasteiger partial charge in [0.2, 0.25) is 5.91 Å². The van der Waals surface area contributed by atoms with Crippen LogP contribution >= 0.6 is 11.8 Å².